The maximum Gasteiger partial charge on any atom is 0.163 e. The lowest BCUT2D eigenvalue weighted by molar-refractivity contribution is 0.405. The summed E-state index contributed by atoms with van der Waals surface area (Å²) in [4.78, 5) is 11.6. The van der Waals surface area contributed by atoms with Crippen LogP contribution >= 0.6 is 0 Å². The first-order chi connectivity index (χ1) is 13.2. The highest BCUT2D eigenvalue weighted by atomic mass is 15.1. The third-order valence-corrected chi connectivity index (χ3v) is 4.16. The van der Waals surface area contributed by atoms with Crippen LogP contribution in [0, 0.1) is 0 Å². The Morgan fingerprint density at radius 1 is 0.815 bits per heavy atom. The van der Waals surface area contributed by atoms with Crippen molar-refractivity contribution in [2.45, 2.75) is 13.0 Å². The van der Waals surface area contributed by atoms with Crippen molar-refractivity contribution in [1.82, 2.24) is 14.9 Å². The topological polar surface area (TPSA) is 53.1 Å². The van der Waals surface area contributed by atoms with Gasteiger partial charge in [0, 0.05) is 24.7 Å². The van der Waals surface area contributed by atoms with Crippen molar-refractivity contribution in [3.63, 3.8) is 0 Å². The van der Waals surface area contributed by atoms with Crippen LogP contribution in [0.4, 0.5) is 11.6 Å². The first-order valence-corrected chi connectivity index (χ1v) is 9.31. The number of hydrogen-bond acceptors (Lipinski definition) is 5. The molecule has 0 bridgehead atoms. The van der Waals surface area contributed by atoms with Crippen LogP contribution in [0.2, 0.25) is 0 Å². The monoisotopic (exact) mass is 361 g/mol. The maximum atomic E-state index is 4.70. The predicted octanol–water partition coefficient (Wildman–Crippen LogP) is 4.12. The van der Waals surface area contributed by atoms with Gasteiger partial charge in [0.2, 0.25) is 0 Å². The highest BCUT2D eigenvalue weighted by Crippen LogP contribution is 2.20. The molecule has 0 amide bonds. The fourth-order valence-electron chi connectivity index (χ4n) is 2.74. The number of nitrogens with one attached hydrogen (secondary N) is 2. The molecule has 2 aromatic carbocycles. The van der Waals surface area contributed by atoms with Crippen LogP contribution in [0.1, 0.15) is 12.0 Å². The van der Waals surface area contributed by atoms with Crippen LogP contribution in [0.15, 0.2) is 66.7 Å². The number of nitrogens with zero attached hydrogens (tertiary/aromatic N) is 3. The molecule has 0 aliphatic rings. The number of benzene rings is 2. The molecule has 1 heterocycles. The molecule has 0 radical (unpaired) electrons. The van der Waals surface area contributed by atoms with Crippen molar-refractivity contribution in [3.05, 3.63) is 72.3 Å². The molecule has 0 spiro atoms. The molecular weight excluding hydrogens is 334 g/mol. The molecule has 2 N–H and O–H groups in total. The fourth-order valence-corrected chi connectivity index (χ4v) is 2.74. The number of hydrogen-bond donors (Lipinski definition) is 2. The molecule has 0 atom stereocenters. The molecule has 0 aliphatic carbocycles. The van der Waals surface area contributed by atoms with Crippen molar-refractivity contribution >= 4 is 11.6 Å². The normalized spacial score (nSPS) is 10.8. The lowest BCUT2D eigenvalue weighted by atomic mass is 10.2. The second-order valence-electron chi connectivity index (χ2n) is 6.75. The quantitative estimate of drug-likeness (QED) is 0.562. The van der Waals surface area contributed by atoms with Gasteiger partial charge >= 0.3 is 0 Å². The van der Waals surface area contributed by atoms with Crippen LogP contribution in [0.5, 0.6) is 0 Å². The molecule has 0 fully saturated rings. The van der Waals surface area contributed by atoms with Crippen molar-refractivity contribution in [1.29, 1.82) is 0 Å². The Kier molecular flexibility index (Phi) is 6.77. The molecule has 0 unspecified atom stereocenters. The van der Waals surface area contributed by atoms with Crippen molar-refractivity contribution < 1.29 is 0 Å². The van der Waals surface area contributed by atoms with Crippen molar-refractivity contribution in [2.75, 3.05) is 37.8 Å². The predicted molar refractivity (Wildman–Crippen MR) is 113 cm³/mol. The third kappa shape index (κ3) is 6.08. The van der Waals surface area contributed by atoms with E-state index >= 15 is 0 Å². The summed E-state index contributed by atoms with van der Waals surface area (Å²) in [5.74, 6) is 2.39. The van der Waals surface area contributed by atoms with E-state index in [1.165, 1.54) is 5.56 Å². The van der Waals surface area contributed by atoms with E-state index in [4.69, 9.17) is 9.97 Å². The van der Waals surface area contributed by atoms with Gasteiger partial charge in [-0.25, -0.2) is 9.97 Å². The summed E-state index contributed by atoms with van der Waals surface area (Å²) in [5.41, 5.74) is 2.23. The summed E-state index contributed by atoms with van der Waals surface area (Å²) in [7, 11) is 4.17. The van der Waals surface area contributed by atoms with Crippen LogP contribution in [-0.2, 0) is 6.54 Å². The molecule has 0 saturated heterocycles. The Morgan fingerprint density at radius 3 is 2.11 bits per heavy atom. The van der Waals surface area contributed by atoms with Crippen LogP contribution in [0.3, 0.4) is 0 Å². The lowest BCUT2D eigenvalue weighted by Crippen LogP contribution is -2.17. The third-order valence-electron chi connectivity index (χ3n) is 4.16. The zero-order valence-corrected chi connectivity index (χ0v) is 16.0. The SMILES string of the molecule is CN(C)CCCNc1cc(NCc2ccccc2)nc(-c2ccccc2)n1. The van der Waals surface area contributed by atoms with Crippen LogP contribution in [0.25, 0.3) is 11.4 Å². The largest absolute Gasteiger partial charge is 0.370 e. The van der Waals surface area contributed by atoms with Gasteiger partial charge in [0.15, 0.2) is 5.82 Å². The summed E-state index contributed by atoms with van der Waals surface area (Å²) in [6.07, 6.45) is 1.06. The first-order valence-electron chi connectivity index (χ1n) is 9.31. The van der Waals surface area contributed by atoms with Gasteiger partial charge in [-0.15, -0.1) is 0 Å². The molecule has 5 nitrogen and oxygen atoms in total. The second kappa shape index (κ2) is 9.69. The molecule has 0 saturated carbocycles. The minimum atomic E-state index is 0.726. The number of rotatable bonds is 9. The van der Waals surface area contributed by atoms with Gasteiger partial charge in [-0.2, -0.15) is 0 Å². The minimum Gasteiger partial charge on any atom is -0.370 e. The Labute approximate surface area is 161 Å². The van der Waals surface area contributed by atoms with Gasteiger partial charge in [0.1, 0.15) is 11.6 Å². The van der Waals surface area contributed by atoms with Crippen molar-refractivity contribution in [3.8, 4) is 11.4 Å². The van der Waals surface area contributed by atoms with E-state index in [0.717, 1.165) is 49.1 Å². The summed E-state index contributed by atoms with van der Waals surface area (Å²) in [5, 5.41) is 6.85. The average molecular weight is 361 g/mol. The summed E-state index contributed by atoms with van der Waals surface area (Å²) in [6.45, 7) is 2.65. The zero-order valence-electron chi connectivity index (χ0n) is 16.0. The van der Waals surface area contributed by atoms with E-state index in [1.54, 1.807) is 0 Å². The molecule has 3 rings (SSSR count). The van der Waals surface area contributed by atoms with Crippen LogP contribution in [-0.4, -0.2) is 42.1 Å². The second-order valence-corrected chi connectivity index (χ2v) is 6.75. The van der Waals surface area contributed by atoms with E-state index in [0.29, 0.717) is 0 Å². The maximum absolute atomic E-state index is 4.70. The molecule has 1 aromatic heterocycles. The molecule has 5 heteroatoms. The molecule has 27 heavy (non-hydrogen) atoms. The van der Waals surface area contributed by atoms with Gasteiger partial charge < -0.3 is 15.5 Å². The smallest absolute Gasteiger partial charge is 0.163 e. The first kappa shape index (κ1) is 18.9. The summed E-state index contributed by atoms with van der Waals surface area (Å²) < 4.78 is 0. The van der Waals surface area contributed by atoms with Crippen LogP contribution < -0.4 is 10.6 Å². The Bertz CT molecular complexity index is 819. The number of anilines is 2. The fraction of sp³-hybridized carbons (Fsp3) is 0.273. The van der Waals surface area contributed by atoms with Gasteiger partial charge in [-0.3, -0.25) is 0 Å². The standard InChI is InChI=1S/C22H27N5/c1-27(2)15-9-14-23-20-16-21(24-17-18-10-5-3-6-11-18)26-22(25-20)19-12-7-4-8-13-19/h3-8,10-13,16H,9,14-15,17H2,1-2H3,(H2,23,24,25,26). The lowest BCUT2D eigenvalue weighted by Gasteiger charge is -2.13. The van der Waals surface area contributed by atoms with Gasteiger partial charge in [-0.05, 0) is 32.6 Å². The molecule has 140 valence electrons. The molecule has 0 aliphatic heterocycles. The highest BCUT2D eigenvalue weighted by molar-refractivity contribution is 5.61. The zero-order chi connectivity index (χ0) is 18.9. The summed E-state index contributed by atoms with van der Waals surface area (Å²) >= 11 is 0. The Morgan fingerprint density at radius 2 is 1.44 bits per heavy atom. The van der Waals surface area contributed by atoms with E-state index in [2.05, 4.69) is 41.8 Å². The average Bonchev–Trinajstić information content (AvgIpc) is 2.71. The highest BCUT2D eigenvalue weighted by Gasteiger charge is 2.07. The van der Waals surface area contributed by atoms with Gasteiger partial charge in [0.05, 0.1) is 0 Å². The Balaban J connectivity index is 1.75. The van der Waals surface area contributed by atoms with Crippen molar-refractivity contribution in [2.24, 2.45) is 0 Å². The molecule has 3 aromatic rings. The van der Waals surface area contributed by atoms with E-state index in [9.17, 15) is 0 Å². The van der Waals surface area contributed by atoms with Gasteiger partial charge in [-0.1, -0.05) is 60.7 Å². The minimum absolute atomic E-state index is 0.726. The van der Waals surface area contributed by atoms with E-state index in [1.807, 2.05) is 54.6 Å². The van der Waals surface area contributed by atoms with E-state index < -0.39 is 0 Å². The van der Waals surface area contributed by atoms with Gasteiger partial charge in [0.25, 0.3) is 0 Å². The van der Waals surface area contributed by atoms with E-state index in [-0.39, 0.29) is 0 Å². The summed E-state index contributed by atoms with van der Waals surface area (Å²) in [6, 6.07) is 22.4. The number of aromatic nitrogens is 2. The molecular formula is C22H27N5. The Hall–Kier alpha value is -2.92.